The minimum Gasteiger partial charge on any atom is -0.457 e. The molecule has 0 spiro atoms. The molecule has 0 radical (unpaired) electrons. The molecular weight excluding hydrogens is 273 g/mol. The van der Waals surface area contributed by atoms with Crippen LogP contribution in [0.4, 0.5) is 10.1 Å². The number of benzene rings is 2. The monoisotopic (exact) mass is 287 g/mol. The quantitative estimate of drug-likeness (QED) is 0.590. The molecular formula is C14H14FN5O. The van der Waals surface area contributed by atoms with Crippen LogP contribution < -0.4 is 21.9 Å². The van der Waals surface area contributed by atoms with Gasteiger partial charge in [-0.2, -0.15) is 4.99 Å². The van der Waals surface area contributed by atoms with E-state index in [1.54, 1.807) is 24.3 Å². The van der Waals surface area contributed by atoms with Crippen LogP contribution in [-0.4, -0.2) is 11.9 Å². The summed E-state index contributed by atoms with van der Waals surface area (Å²) in [5.41, 5.74) is 16.5. The second-order valence-electron chi connectivity index (χ2n) is 4.06. The van der Waals surface area contributed by atoms with Crippen LogP contribution in [-0.2, 0) is 0 Å². The van der Waals surface area contributed by atoms with Gasteiger partial charge in [-0.15, -0.1) is 0 Å². The molecule has 6 nitrogen and oxygen atoms in total. The van der Waals surface area contributed by atoms with E-state index in [-0.39, 0.29) is 17.7 Å². The standard InChI is InChI=1S/C14H14FN5O/c15-9-4-6-11(7-5-9)21-12-3-1-2-10(8-12)19-14(18)20-13(16)17/h1-8H,(H6,16,17,18,19,20). The Labute approximate surface area is 120 Å². The van der Waals surface area contributed by atoms with Crippen molar-refractivity contribution in [3.63, 3.8) is 0 Å². The number of hydrogen-bond acceptors (Lipinski definition) is 2. The Morgan fingerprint density at radius 3 is 2.33 bits per heavy atom. The molecule has 2 rings (SSSR count). The van der Waals surface area contributed by atoms with Crippen LogP contribution in [0, 0.1) is 5.82 Å². The predicted molar refractivity (Wildman–Crippen MR) is 80.0 cm³/mol. The van der Waals surface area contributed by atoms with E-state index in [9.17, 15) is 4.39 Å². The maximum atomic E-state index is 12.8. The van der Waals surface area contributed by atoms with E-state index in [1.165, 1.54) is 24.3 Å². The number of guanidine groups is 2. The molecule has 0 aliphatic carbocycles. The Bertz CT molecular complexity index is 678. The first-order valence-electron chi connectivity index (χ1n) is 6.00. The summed E-state index contributed by atoms with van der Waals surface area (Å²) in [6.07, 6.45) is 0. The van der Waals surface area contributed by atoms with Crippen molar-refractivity contribution in [3.8, 4) is 11.5 Å². The summed E-state index contributed by atoms with van der Waals surface area (Å²) in [7, 11) is 0. The molecule has 0 aliphatic heterocycles. The van der Waals surface area contributed by atoms with Crippen molar-refractivity contribution >= 4 is 17.6 Å². The van der Waals surface area contributed by atoms with Gasteiger partial charge in [0.1, 0.15) is 17.3 Å². The smallest absolute Gasteiger partial charge is 0.223 e. The van der Waals surface area contributed by atoms with E-state index in [1.807, 2.05) is 0 Å². The molecule has 6 N–H and O–H groups in total. The highest BCUT2D eigenvalue weighted by atomic mass is 19.1. The zero-order valence-electron chi connectivity index (χ0n) is 11.0. The van der Waals surface area contributed by atoms with Crippen molar-refractivity contribution in [2.45, 2.75) is 0 Å². The Balaban J connectivity index is 2.18. The molecule has 0 amide bonds. The van der Waals surface area contributed by atoms with Gasteiger partial charge in [0.25, 0.3) is 0 Å². The molecule has 0 saturated heterocycles. The zero-order valence-corrected chi connectivity index (χ0v) is 11.0. The third-order valence-corrected chi connectivity index (χ3v) is 2.35. The predicted octanol–water partition coefficient (Wildman–Crippen LogP) is 1.84. The summed E-state index contributed by atoms with van der Waals surface area (Å²) in [5, 5.41) is 0. The summed E-state index contributed by atoms with van der Waals surface area (Å²) in [6, 6.07) is 12.5. The van der Waals surface area contributed by atoms with E-state index >= 15 is 0 Å². The van der Waals surface area contributed by atoms with Gasteiger partial charge in [-0.05, 0) is 36.4 Å². The van der Waals surface area contributed by atoms with E-state index in [0.29, 0.717) is 17.2 Å². The van der Waals surface area contributed by atoms with Crippen molar-refractivity contribution in [3.05, 3.63) is 54.3 Å². The number of hydrogen-bond donors (Lipinski definition) is 3. The molecule has 2 aromatic carbocycles. The summed E-state index contributed by atoms with van der Waals surface area (Å²) in [4.78, 5) is 7.64. The van der Waals surface area contributed by atoms with Crippen molar-refractivity contribution in [1.29, 1.82) is 0 Å². The first-order chi connectivity index (χ1) is 10.0. The fraction of sp³-hybridized carbons (Fsp3) is 0. The zero-order chi connectivity index (χ0) is 15.2. The minimum absolute atomic E-state index is 0.0612. The number of nitrogens with zero attached hydrogens (tertiary/aromatic N) is 2. The van der Waals surface area contributed by atoms with Crippen molar-refractivity contribution < 1.29 is 9.13 Å². The molecule has 0 heterocycles. The molecule has 2 aromatic rings. The van der Waals surface area contributed by atoms with Crippen molar-refractivity contribution in [2.75, 3.05) is 0 Å². The van der Waals surface area contributed by atoms with Gasteiger partial charge in [-0.25, -0.2) is 9.38 Å². The number of rotatable bonds is 3. The fourth-order valence-corrected chi connectivity index (χ4v) is 1.54. The lowest BCUT2D eigenvalue weighted by Crippen LogP contribution is -2.26. The molecule has 0 saturated carbocycles. The van der Waals surface area contributed by atoms with Crippen LogP contribution in [0.25, 0.3) is 0 Å². The average Bonchev–Trinajstić information content (AvgIpc) is 2.41. The second-order valence-corrected chi connectivity index (χ2v) is 4.06. The molecule has 0 aliphatic rings. The van der Waals surface area contributed by atoms with Gasteiger partial charge in [0.2, 0.25) is 5.96 Å². The maximum absolute atomic E-state index is 12.8. The van der Waals surface area contributed by atoms with Crippen LogP contribution >= 0.6 is 0 Å². The molecule has 0 aromatic heterocycles. The van der Waals surface area contributed by atoms with Gasteiger partial charge in [0, 0.05) is 6.07 Å². The Morgan fingerprint density at radius 1 is 0.952 bits per heavy atom. The van der Waals surface area contributed by atoms with E-state index < -0.39 is 0 Å². The van der Waals surface area contributed by atoms with Gasteiger partial charge in [0.05, 0.1) is 5.69 Å². The van der Waals surface area contributed by atoms with Crippen LogP contribution in [0.5, 0.6) is 11.5 Å². The number of aliphatic imine (C=N–C) groups is 2. The van der Waals surface area contributed by atoms with Crippen molar-refractivity contribution in [2.24, 2.45) is 27.2 Å². The minimum atomic E-state index is -0.328. The lowest BCUT2D eigenvalue weighted by molar-refractivity contribution is 0.481. The van der Waals surface area contributed by atoms with Crippen LogP contribution in [0.15, 0.2) is 58.5 Å². The molecule has 0 fully saturated rings. The molecule has 0 unspecified atom stereocenters. The maximum Gasteiger partial charge on any atom is 0.223 e. The largest absolute Gasteiger partial charge is 0.457 e. The van der Waals surface area contributed by atoms with Crippen LogP contribution in [0.2, 0.25) is 0 Å². The number of nitrogens with two attached hydrogens (primary N) is 3. The SMILES string of the molecule is NC(N)=NC(N)=Nc1cccc(Oc2ccc(F)cc2)c1. The molecule has 0 atom stereocenters. The first-order valence-corrected chi connectivity index (χ1v) is 6.00. The van der Waals surface area contributed by atoms with E-state index in [0.717, 1.165) is 0 Å². The fourth-order valence-electron chi connectivity index (χ4n) is 1.54. The van der Waals surface area contributed by atoms with Crippen molar-refractivity contribution in [1.82, 2.24) is 0 Å². The Kier molecular flexibility index (Phi) is 4.35. The highest BCUT2D eigenvalue weighted by Gasteiger charge is 2.00. The Hall–Kier alpha value is -3.09. The van der Waals surface area contributed by atoms with Crippen LogP contribution in [0.1, 0.15) is 0 Å². The Morgan fingerprint density at radius 2 is 1.67 bits per heavy atom. The van der Waals surface area contributed by atoms with Gasteiger partial charge >= 0.3 is 0 Å². The van der Waals surface area contributed by atoms with Gasteiger partial charge in [0.15, 0.2) is 5.96 Å². The lowest BCUT2D eigenvalue weighted by Gasteiger charge is -2.06. The molecule has 108 valence electrons. The highest BCUT2D eigenvalue weighted by molar-refractivity contribution is 5.93. The van der Waals surface area contributed by atoms with Gasteiger partial charge in [-0.3, -0.25) is 0 Å². The topological polar surface area (TPSA) is 112 Å². The van der Waals surface area contributed by atoms with E-state index in [4.69, 9.17) is 21.9 Å². The lowest BCUT2D eigenvalue weighted by atomic mass is 10.3. The summed E-state index contributed by atoms with van der Waals surface area (Å²) >= 11 is 0. The third-order valence-electron chi connectivity index (χ3n) is 2.35. The first kappa shape index (κ1) is 14.3. The van der Waals surface area contributed by atoms with Crippen LogP contribution in [0.3, 0.4) is 0 Å². The third kappa shape index (κ3) is 4.50. The summed E-state index contributed by atoms with van der Waals surface area (Å²) in [5.74, 6) is 0.477. The molecule has 7 heteroatoms. The normalized spacial score (nSPS) is 11.0. The highest BCUT2D eigenvalue weighted by Crippen LogP contribution is 2.25. The summed E-state index contributed by atoms with van der Waals surface area (Å²) < 4.78 is 18.4. The number of ether oxygens (including phenoxy) is 1. The summed E-state index contributed by atoms with van der Waals surface area (Å²) in [6.45, 7) is 0. The molecule has 0 bridgehead atoms. The second kappa shape index (κ2) is 6.38. The number of halogens is 1. The van der Waals surface area contributed by atoms with Gasteiger partial charge < -0.3 is 21.9 Å². The van der Waals surface area contributed by atoms with Gasteiger partial charge in [-0.1, -0.05) is 6.07 Å². The molecule has 21 heavy (non-hydrogen) atoms. The average molecular weight is 287 g/mol. The van der Waals surface area contributed by atoms with E-state index in [2.05, 4.69) is 9.98 Å².